The monoisotopic (exact) mass is 437 g/mol. The van der Waals surface area contributed by atoms with Crippen LogP contribution in [-0.2, 0) is 0 Å². The minimum Gasteiger partial charge on any atom is -0.352 e. The lowest BCUT2D eigenvalue weighted by molar-refractivity contribution is -0.384. The van der Waals surface area contributed by atoms with Gasteiger partial charge in [-0.1, -0.05) is 41.4 Å². The molecule has 3 aromatic rings. The number of nitrogens with zero attached hydrogens (tertiary/aromatic N) is 5. The molecular formula is C22H20ClN5O3. The third-order valence-corrected chi connectivity index (χ3v) is 5.61. The molecule has 0 saturated carbocycles. The average Bonchev–Trinajstić information content (AvgIpc) is 2.79. The van der Waals surface area contributed by atoms with Crippen LogP contribution in [0.2, 0.25) is 5.02 Å². The number of rotatable bonds is 4. The first kappa shape index (κ1) is 20.7. The fourth-order valence-corrected chi connectivity index (χ4v) is 3.67. The van der Waals surface area contributed by atoms with Crippen molar-refractivity contribution in [2.24, 2.45) is 0 Å². The summed E-state index contributed by atoms with van der Waals surface area (Å²) in [6, 6.07) is 15.9. The average molecular weight is 438 g/mol. The zero-order chi connectivity index (χ0) is 22.0. The van der Waals surface area contributed by atoms with E-state index in [1.54, 1.807) is 4.90 Å². The Morgan fingerprint density at radius 3 is 2.32 bits per heavy atom. The number of aromatic nitrogens is 2. The van der Waals surface area contributed by atoms with E-state index in [4.69, 9.17) is 11.6 Å². The number of carbonyl (C=O) groups excluding carboxylic acids is 1. The summed E-state index contributed by atoms with van der Waals surface area (Å²) in [4.78, 5) is 27.0. The predicted octanol–water partition coefficient (Wildman–Crippen LogP) is 3.98. The second kappa shape index (κ2) is 8.69. The van der Waals surface area contributed by atoms with Crippen LogP contribution in [0.3, 0.4) is 0 Å². The van der Waals surface area contributed by atoms with Crippen LogP contribution < -0.4 is 4.90 Å². The van der Waals surface area contributed by atoms with Crippen molar-refractivity contribution in [2.75, 3.05) is 31.1 Å². The van der Waals surface area contributed by atoms with Gasteiger partial charge in [-0.2, -0.15) is 0 Å². The van der Waals surface area contributed by atoms with Crippen molar-refractivity contribution >= 4 is 29.0 Å². The van der Waals surface area contributed by atoms with Crippen molar-refractivity contribution in [3.8, 4) is 11.3 Å². The lowest BCUT2D eigenvalue weighted by Gasteiger charge is -2.35. The maximum absolute atomic E-state index is 12.8. The van der Waals surface area contributed by atoms with Crippen LogP contribution in [0.1, 0.15) is 15.9 Å². The Morgan fingerprint density at radius 2 is 1.71 bits per heavy atom. The first-order valence-electron chi connectivity index (χ1n) is 9.81. The molecule has 1 aliphatic heterocycles. The van der Waals surface area contributed by atoms with Gasteiger partial charge in [0.1, 0.15) is 0 Å². The van der Waals surface area contributed by atoms with E-state index in [2.05, 4.69) is 15.1 Å². The lowest BCUT2D eigenvalue weighted by atomic mass is 10.1. The second-order valence-electron chi connectivity index (χ2n) is 7.34. The smallest absolute Gasteiger partial charge is 0.270 e. The first-order valence-corrected chi connectivity index (χ1v) is 10.2. The number of hydrogen-bond acceptors (Lipinski definition) is 6. The standard InChI is InChI=1S/C22H20ClN5O3/c1-15-2-4-16(5-3-15)20-8-9-21(25-24-20)26-10-12-27(13-11-26)22(29)18-14-17(28(30)31)6-7-19(18)23/h2-9,14H,10-13H2,1H3. The number of benzene rings is 2. The number of amides is 1. The highest BCUT2D eigenvalue weighted by Gasteiger charge is 2.25. The van der Waals surface area contributed by atoms with Crippen molar-refractivity contribution < 1.29 is 9.72 Å². The summed E-state index contributed by atoms with van der Waals surface area (Å²) in [5, 5.41) is 19.9. The number of carbonyl (C=O) groups is 1. The molecule has 1 saturated heterocycles. The summed E-state index contributed by atoms with van der Waals surface area (Å²) >= 11 is 6.11. The van der Waals surface area contributed by atoms with Gasteiger partial charge in [-0.25, -0.2) is 0 Å². The molecule has 0 spiro atoms. The van der Waals surface area contributed by atoms with Crippen LogP contribution in [0.15, 0.2) is 54.6 Å². The number of aryl methyl sites for hydroxylation is 1. The highest BCUT2D eigenvalue weighted by molar-refractivity contribution is 6.33. The van der Waals surface area contributed by atoms with E-state index >= 15 is 0 Å². The molecule has 0 N–H and O–H groups in total. The number of anilines is 1. The third kappa shape index (κ3) is 4.49. The summed E-state index contributed by atoms with van der Waals surface area (Å²) < 4.78 is 0. The molecule has 2 heterocycles. The molecule has 0 atom stereocenters. The van der Waals surface area contributed by atoms with E-state index in [1.807, 2.05) is 43.3 Å². The molecule has 1 amide bonds. The minimum atomic E-state index is -0.538. The van der Waals surface area contributed by atoms with Gasteiger partial charge in [0.2, 0.25) is 0 Å². The van der Waals surface area contributed by atoms with Crippen LogP contribution in [-0.4, -0.2) is 52.1 Å². The van der Waals surface area contributed by atoms with E-state index in [9.17, 15) is 14.9 Å². The van der Waals surface area contributed by atoms with Crippen molar-refractivity contribution in [2.45, 2.75) is 6.92 Å². The summed E-state index contributed by atoms with van der Waals surface area (Å²) in [5.74, 6) is 0.436. The summed E-state index contributed by atoms with van der Waals surface area (Å²) in [5.41, 5.74) is 2.99. The van der Waals surface area contributed by atoms with Crippen LogP contribution in [0.5, 0.6) is 0 Å². The largest absolute Gasteiger partial charge is 0.352 e. The molecule has 1 aromatic heterocycles. The van der Waals surface area contributed by atoms with E-state index in [1.165, 1.54) is 23.8 Å². The Labute approximate surface area is 184 Å². The fourth-order valence-electron chi connectivity index (χ4n) is 3.47. The normalized spacial score (nSPS) is 13.9. The Morgan fingerprint density at radius 1 is 1.00 bits per heavy atom. The van der Waals surface area contributed by atoms with Crippen molar-refractivity contribution in [3.05, 3.63) is 80.9 Å². The summed E-state index contributed by atoms with van der Waals surface area (Å²) in [7, 11) is 0. The second-order valence-corrected chi connectivity index (χ2v) is 7.75. The molecule has 1 fully saturated rings. The van der Waals surface area contributed by atoms with Gasteiger partial charge in [-0.3, -0.25) is 14.9 Å². The van der Waals surface area contributed by atoms with Gasteiger partial charge < -0.3 is 9.80 Å². The Bertz CT molecular complexity index is 1110. The van der Waals surface area contributed by atoms with Crippen molar-refractivity contribution in [1.29, 1.82) is 0 Å². The number of nitro groups is 1. The van der Waals surface area contributed by atoms with E-state index in [0.717, 1.165) is 17.1 Å². The topological polar surface area (TPSA) is 92.5 Å². The Balaban J connectivity index is 1.42. The minimum absolute atomic E-state index is 0.145. The van der Waals surface area contributed by atoms with Crippen molar-refractivity contribution in [1.82, 2.24) is 15.1 Å². The van der Waals surface area contributed by atoms with Crippen molar-refractivity contribution in [3.63, 3.8) is 0 Å². The van der Waals surface area contributed by atoms with Gasteiger partial charge in [0.25, 0.3) is 11.6 Å². The maximum Gasteiger partial charge on any atom is 0.270 e. The van der Waals surface area contributed by atoms with E-state index in [0.29, 0.717) is 26.2 Å². The number of nitro benzene ring substituents is 1. The molecular weight excluding hydrogens is 418 g/mol. The molecule has 0 bridgehead atoms. The van der Waals surface area contributed by atoms with Gasteiger partial charge in [0.05, 0.1) is 21.2 Å². The fraction of sp³-hybridized carbons (Fsp3) is 0.227. The van der Waals surface area contributed by atoms with Crippen LogP contribution >= 0.6 is 11.6 Å². The van der Waals surface area contributed by atoms with Gasteiger partial charge in [-0.05, 0) is 25.1 Å². The zero-order valence-corrected chi connectivity index (χ0v) is 17.6. The highest BCUT2D eigenvalue weighted by Crippen LogP contribution is 2.25. The molecule has 8 nitrogen and oxygen atoms in total. The molecule has 4 rings (SSSR count). The SMILES string of the molecule is Cc1ccc(-c2ccc(N3CCN(C(=O)c4cc([N+](=O)[O-])ccc4Cl)CC3)nn2)cc1. The molecule has 1 aliphatic rings. The Kier molecular flexibility index (Phi) is 5.81. The molecule has 0 radical (unpaired) electrons. The maximum atomic E-state index is 12.8. The van der Waals surface area contributed by atoms with E-state index in [-0.39, 0.29) is 22.2 Å². The molecule has 31 heavy (non-hydrogen) atoms. The summed E-state index contributed by atoms with van der Waals surface area (Å²) in [6.07, 6.45) is 0. The molecule has 9 heteroatoms. The zero-order valence-electron chi connectivity index (χ0n) is 16.9. The Hall–Kier alpha value is -3.52. The number of piperazine rings is 1. The van der Waals surface area contributed by atoms with Gasteiger partial charge >= 0.3 is 0 Å². The van der Waals surface area contributed by atoms with E-state index < -0.39 is 4.92 Å². The number of hydrogen-bond donors (Lipinski definition) is 0. The quantitative estimate of drug-likeness (QED) is 0.453. The van der Waals surface area contributed by atoms with Crippen LogP contribution in [0.25, 0.3) is 11.3 Å². The molecule has 0 aliphatic carbocycles. The van der Waals surface area contributed by atoms with Crippen LogP contribution in [0, 0.1) is 17.0 Å². The van der Waals surface area contributed by atoms with Gasteiger partial charge in [0.15, 0.2) is 5.82 Å². The third-order valence-electron chi connectivity index (χ3n) is 5.28. The molecule has 0 unspecified atom stereocenters. The molecule has 158 valence electrons. The van der Waals surface area contributed by atoms with Crippen LogP contribution in [0.4, 0.5) is 11.5 Å². The molecule has 2 aromatic carbocycles. The highest BCUT2D eigenvalue weighted by atomic mass is 35.5. The first-order chi connectivity index (χ1) is 14.9. The van der Waals surface area contributed by atoms with Gasteiger partial charge in [0, 0.05) is 43.9 Å². The summed E-state index contributed by atoms with van der Waals surface area (Å²) in [6.45, 7) is 4.11. The van der Waals surface area contributed by atoms with Gasteiger partial charge in [-0.15, -0.1) is 10.2 Å². The number of halogens is 1. The number of non-ortho nitro benzene ring substituents is 1. The lowest BCUT2D eigenvalue weighted by Crippen LogP contribution is -2.49. The predicted molar refractivity (Wildman–Crippen MR) is 118 cm³/mol.